The second-order valence-electron chi connectivity index (χ2n) is 3.62. The largest absolute Gasteiger partial charge is 0.377 e. The highest BCUT2D eigenvalue weighted by Gasteiger charge is 2.18. The second-order valence-corrected chi connectivity index (χ2v) is 3.62. The van der Waals surface area contributed by atoms with Crippen LogP contribution in [0.15, 0.2) is 11.1 Å². The maximum Gasteiger partial charge on any atom is 0.0805 e. The van der Waals surface area contributed by atoms with E-state index in [4.69, 9.17) is 9.47 Å². The van der Waals surface area contributed by atoms with Crippen molar-refractivity contribution in [3.63, 3.8) is 0 Å². The van der Waals surface area contributed by atoms with Crippen LogP contribution in [0.1, 0.15) is 33.1 Å². The Morgan fingerprint density at radius 3 is 2.85 bits per heavy atom. The van der Waals surface area contributed by atoms with E-state index in [0.717, 1.165) is 32.5 Å². The van der Waals surface area contributed by atoms with Crippen LogP contribution in [0.3, 0.4) is 0 Å². The lowest BCUT2D eigenvalue weighted by atomic mass is 9.97. The molecule has 1 heterocycles. The number of hydrogen-bond donors (Lipinski definition) is 0. The van der Waals surface area contributed by atoms with E-state index >= 15 is 0 Å². The molecule has 0 aliphatic carbocycles. The van der Waals surface area contributed by atoms with Crippen molar-refractivity contribution in [3.05, 3.63) is 11.1 Å². The van der Waals surface area contributed by atoms with Crippen molar-refractivity contribution in [3.8, 4) is 0 Å². The Balaban J connectivity index is 2.64. The van der Waals surface area contributed by atoms with E-state index < -0.39 is 0 Å². The van der Waals surface area contributed by atoms with Crippen LogP contribution in [-0.4, -0.2) is 26.4 Å². The van der Waals surface area contributed by atoms with Gasteiger partial charge in [0.25, 0.3) is 0 Å². The van der Waals surface area contributed by atoms with Crippen LogP contribution in [-0.2, 0) is 9.47 Å². The molecule has 0 saturated heterocycles. The van der Waals surface area contributed by atoms with Crippen molar-refractivity contribution in [1.29, 1.82) is 0 Å². The van der Waals surface area contributed by atoms with Gasteiger partial charge >= 0.3 is 0 Å². The van der Waals surface area contributed by atoms with Crippen molar-refractivity contribution < 1.29 is 9.47 Å². The summed E-state index contributed by atoms with van der Waals surface area (Å²) in [6, 6.07) is 0. The molecule has 2 heteroatoms. The molecule has 0 fully saturated rings. The molecule has 0 amide bonds. The molecule has 0 bridgehead atoms. The van der Waals surface area contributed by atoms with Crippen LogP contribution in [0.25, 0.3) is 0 Å². The Kier molecular flexibility index (Phi) is 4.46. The minimum absolute atomic E-state index is 0.283. The lowest BCUT2D eigenvalue weighted by Crippen LogP contribution is -2.22. The molecule has 76 valence electrons. The predicted molar refractivity (Wildman–Crippen MR) is 53.8 cm³/mol. The van der Waals surface area contributed by atoms with Gasteiger partial charge in [-0.15, -0.1) is 0 Å². The molecule has 1 atom stereocenters. The number of ether oxygens (including phenoxy) is 2. The van der Waals surface area contributed by atoms with E-state index in [0.29, 0.717) is 0 Å². The minimum Gasteiger partial charge on any atom is -0.377 e. The SMILES string of the molecule is CCCC(OC)C1=C(C)CCOC1. The average Bonchev–Trinajstić information content (AvgIpc) is 2.16. The standard InChI is InChI=1S/C11H20O2/c1-4-5-11(12-3)10-8-13-7-6-9(10)2/h11H,4-8H2,1-3H3. The Hall–Kier alpha value is -0.340. The van der Waals surface area contributed by atoms with Crippen LogP contribution >= 0.6 is 0 Å². The summed E-state index contributed by atoms with van der Waals surface area (Å²) in [5.41, 5.74) is 2.84. The summed E-state index contributed by atoms with van der Waals surface area (Å²) >= 11 is 0. The van der Waals surface area contributed by atoms with Gasteiger partial charge < -0.3 is 9.47 Å². The van der Waals surface area contributed by atoms with E-state index in [1.54, 1.807) is 7.11 Å². The fourth-order valence-electron chi connectivity index (χ4n) is 1.76. The van der Waals surface area contributed by atoms with Crippen molar-refractivity contribution in [2.45, 2.75) is 39.2 Å². The molecule has 0 radical (unpaired) electrons. The quantitative estimate of drug-likeness (QED) is 0.625. The maximum absolute atomic E-state index is 5.46. The molecule has 13 heavy (non-hydrogen) atoms. The summed E-state index contributed by atoms with van der Waals surface area (Å²) in [6.45, 7) is 6.02. The fraction of sp³-hybridized carbons (Fsp3) is 0.818. The normalized spacial score (nSPS) is 20.5. The van der Waals surface area contributed by atoms with Gasteiger partial charge in [0.2, 0.25) is 0 Å². The van der Waals surface area contributed by atoms with Crippen LogP contribution in [0, 0.1) is 0 Å². The monoisotopic (exact) mass is 184 g/mol. The summed E-state index contributed by atoms with van der Waals surface area (Å²) < 4.78 is 10.9. The van der Waals surface area contributed by atoms with Gasteiger partial charge in [0.15, 0.2) is 0 Å². The molecule has 0 aromatic carbocycles. The first kappa shape index (κ1) is 10.7. The molecule has 0 saturated carbocycles. The van der Waals surface area contributed by atoms with E-state index in [-0.39, 0.29) is 6.10 Å². The van der Waals surface area contributed by atoms with Gasteiger partial charge in [-0.3, -0.25) is 0 Å². The molecule has 0 N–H and O–H groups in total. The summed E-state index contributed by atoms with van der Waals surface area (Å²) in [5, 5.41) is 0. The highest BCUT2D eigenvalue weighted by molar-refractivity contribution is 5.19. The van der Waals surface area contributed by atoms with Crippen LogP contribution in [0.5, 0.6) is 0 Å². The highest BCUT2D eigenvalue weighted by atomic mass is 16.5. The predicted octanol–water partition coefficient (Wildman–Crippen LogP) is 2.54. The van der Waals surface area contributed by atoms with Crippen LogP contribution < -0.4 is 0 Å². The molecular formula is C11H20O2. The van der Waals surface area contributed by atoms with Gasteiger partial charge in [-0.05, 0) is 25.3 Å². The van der Waals surface area contributed by atoms with Gasteiger partial charge in [0.05, 0.1) is 19.3 Å². The van der Waals surface area contributed by atoms with Gasteiger partial charge in [0.1, 0.15) is 0 Å². The second kappa shape index (κ2) is 5.40. The van der Waals surface area contributed by atoms with Crippen molar-refractivity contribution in [1.82, 2.24) is 0 Å². The summed E-state index contributed by atoms with van der Waals surface area (Å²) in [7, 11) is 1.79. The lowest BCUT2D eigenvalue weighted by Gasteiger charge is -2.25. The molecular weight excluding hydrogens is 164 g/mol. The molecule has 2 nitrogen and oxygen atoms in total. The first-order valence-electron chi connectivity index (χ1n) is 5.08. The smallest absolute Gasteiger partial charge is 0.0805 e. The van der Waals surface area contributed by atoms with Crippen molar-refractivity contribution >= 4 is 0 Å². The van der Waals surface area contributed by atoms with E-state index in [2.05, 4.69) is 13.8 Å². The Morgan fingerprint density at radius 2 is 2.31 bits per heavy atom. The van der Waals surface area contributed by atoms with E-state index in [1.165, 1.54) is 11.1 Å². The first-order valence-corrected chi connectivity index (χ1v) is 5.08. The van der Waals surface area contributed by atoms with E-state index in [9.17, 15) is 0 Å². The van der Waals surface area contributed by atoms with Crippen molar-refractivity contribution in [2.75, 3.05) is 20.3 Å². The number of methoxy groups -OCH3 is 1. The number of hydrogen-bond acceptors (Lipinski definition) is 2. The molecule has 1 rings (SSSR count). The first-order chi connectivity index (χ1) is 6.29. The van der Waals surface area contributed by atoms with Gasteiger partial charge in [-0.25, -0.2) is 0 Å². The van der Waals surface area contributed by atoms with Gasteiger partial charge in [0, 0.05) is 7.11 Å². The Morgan fingerprint density at radius 1 is 1.54 bits per heavy atom. The molecule has 1 aliphatic rings. The van der Waals surface area contributed by atoms with Crippen LogP contribution in [0.2, 0.25) is 0 Å². The summed E-state index contributed by atoms with van der Waals surface area (Å²) in [6.07, 6.45) is 3.62. The Labute approximate surface area is 80.9 Å². The van der Waals surface area contributed by atoms with Gasteiger partial charge in [-0.1, -0.05) is 18.9 Å². The van der Waals surface area contributed by atoms with Crippen LogP contribution in [0.4, 0.5) is 0 Å². The third-order valence-electron chi connectivity index (χ3n) is 2.65. The molecule has 1 unspecified atom stereocenters. The fourth-order valence-corrected chi connectivity index (χ4v) is 1.76. The topological polar surface area (TPSA) is 18.5 Å². The molecule has 0 aromatic rings. The maximum atomic E-state index is 5.46. The zero-order valence-electron chi connectivity index (χ0n) is 8.93. The summed E-state index contributed by atoms with van der Waals surface area (Å²) in [5.74, 6) is 0. The zero-order valence-corrected chi connectivity index (χ0v) is 8.93. The lowest BCUT2D eigenvalue weighted by molar-refractivity contribution is 0.0809. The average molecular weight is 184 g/mol. The van der Waals surface area contributed by atoms with E-state index in [1.807, 2.05) is 0 Å². The number of rotatable bonds is 4. The molecule has 0 spiro atoms. The highest BCUT2D eigenvalue weighted by Crippen LogP contribution is 2.22. The summed E-state index contributed by atoms with van der Waals surface area (Å²) in [4.78, 5) is 0. The Bertz CT molecular complexity index is 185. The third-order valence-corrected chi connectivity index (χ3v) is 2.65. The molecule has 1 aliphatic heterocycles. The van der Waals surface area contributed by atoms with Gasteiger partial charge in [-0.2, -0.15) is 0 Å². The molecule has 0 aromatic heterocycles. The zero-order chi connectivity index (χ0) is 9.68. The van der Waals surface area contributed by atoms with Crippen molar-refractivity contribution in [2.24, 2.45) is 0 Å². The third kappa shape index (κ3) is 2.82. The minimum atomic E-state index is 0.283.